The van der Waals surface area contributed by atoms with E-state index in [-0.39, 0.29) is 0 Å². The number of carbonyl (C=O) groups is 1. The first-order chi connectivity index (χ1) is 11.0. The zero-order valence-corrected chi connectivity index (χ0v) is 14.8. The topological polar surface area (TPSA) is 37.3 Å². The summed E-state index contributed by atoms with van der Waals surface area (Å²) in [6.07, 6.45) is 0.976. The van der Waals surface area contributed by atoms with Gasteiger partial charge in [0.2, 0.25) is 0 Å². The maximum Gasteiger partial charge on any atom is 0.310 e. The second-order valence-corrected chi connectivity index (χ2v) is 7.42. The molecule has 0 aliphatic carbocycles. The fourth-order valence-corrected chi connectivity index (χ4v) is 4.31. The van der Waals surface area contributed by atoms with Crippen molar-refractivity contribution in [1.29, 1.82) is 0 Å². The summed E-state index contributed by atoms with van der Waals surface area (Å²) >= 11 is 7.54. The van der Waals surface area contributed by atoms with Crippen molar-refractivity contribution in [1.82, 2.24) is 0 Å². The third-order valence-electron chi connectivity index (χ3n) is 4.23. The largest absolute Gasteiger partial charge is 0.481 e. The maximum atomic E-state index is 11.4. The molecule has 1 heterocycles. The van der Waals surface area contributed by atoms with Crippen molar-refractivity contribution < 1.29 is 9.90 Å². The average Bonchev–Trinajstić information content (AvgIpc) is 3.01. The van der Waals surface area contributed by atoms with Crippen LogP contribution < -0.4 is 0 Å². The lowest BCUT2D eigenvalue weighted by Gasteiger charge is -2.15. The molecule has 2 aromatic carbocycles. The Morgan fingerprint density at radius 3 is 2.61 bits per heavy atom. The number of benzene rings is 2. The van der Waals surface area contributed by atoms with Gasteiger partial charge in [0.1, 0.15) is 0 Å². The summed E-state index contributed by atoms with van der Waals surface area (Å²) in [7, 11) is 0. The Kier molecular flexibility index (Phi) is 4.55. The highest BCUT2D eigenvalue weighted by Gasteiger charge is 2.23. The molecule has 1 aliphatic rings. The molecule has 1 atom stereocenters. The summed E-state index contributed by atoms with van der Waals surface area (Å²) < 4.78 is 0. The molecule has 1 aliphatic heterocycles. The van der Waals surface area contributed by atoms with Crippen molar-refractivity contribution in [3.8, 4) is 0 Å². The summed E-state index contributed by atoms with van der Waals surface area (Å²) in [6, 6.07) is 12.2. The van der Waals surface area contributed by atoms with Crippen LogP contribution in [-0.4, -0.2) is 21.7 Å². The van der Waals surface area contributed by atoms with E-state index in [0.717, 1.165) is 33.7 Å². The number of thioether (sulfide) groups is 1. The van der Waals surface area contributed by atoms with E-state index in [1.54, 1.807) is 6.92 Å². The van der Waals surface area contributed by atoms with Crippen LogP contribution in [0.2, 0.25) is 0 Å². The molecule has 0 fully saturated rings. The van der Waals surface area contributed by atoms with Crippen molar-refractivity contribution in [2.75, 3.05) is 5.75 Å². The Balaban J connectivity index is 2.09. The SMILES string of the molecule is Cc1ccc(C(=S)c2cc(C(C)C(=O)O)cc3c2SCC3)cc1. The summed E-state index contributed by atoms with van der Waals surface area (Å²) in [6.45, 7) is 3.78. The maximum absolute atomic E-state index is 11.4. The lowest BCUT2D eigenvalue weighted by molar-refractivity contribution is -0.138. The van der Waals surface area contributed by atoms with E-state index in [0.29, 0.717) is 0 Å². The Hall–Kier alpha value is -1.65. The minimum Gasteiger partial charge on any atom is -0.481 e. The first-order valence-corrected chi connectivity index (χ1v) is 9.00. The first-order valence-electron chi connectivity index (χ1n) is 7.61. The van der Waals surface area contributed by atoms with Crippen LogP contribution in [0.25, 0.3) is 0 Å². The number of carboxylic acid groups (broad SMARTS) is 1. The van der Waals surface area contributed by atoms with Gasteiger partial charge in [-0.2, -0.15) is 0 Å². The quantitative estimate of drug-likeness (QED) is 0.651. The van der Waals surface area contributed by atoms with Crippen LogP contribution in [0.1, 0.15) is 40.7 Å². The van der Waals surface area contributed by atoms with Crippen molar-refractivity contribution in [3.05, 3.63) is 64.2 Å². The van der Waals surface area contributed by atoms with E-state index in [1.165, 1.54) is 16.0 Å². The molecule has 1 N–H and O–H groups in total. The molecular weight excluding hydrogens is 324 g/mol. The van der Waals surface area contributed by atoms with Gasteiger partial charge in [-0.25, -0.2) is 0 Å². The monoisotopic (exact) mass is 342 g/mol. The molecule has 0 radical (unpaired) electrons. The molecule has 4 heteroatoms. The molecule has 3 rings (SSSR count). The molecule has 1 unspecified atom stereocenters. The fourth-order valence-electron chi connectivity index (χ4n) is 2.75. The van der Waals surface area contributed by atoms with Crippen LogP contribution in [0.4, 0.5) is 0 Å². The third-order valence-corrected chi connectivity index (χ3v) is 5.87. The van der Waals surface area contributed by atoms with E-state index in [2.05, 4.69) is 19.1 Å². The number of fused-ring (bicyclic) bond motifs is 1. The van der Waals surface area contributed by atoms with Crippen LogP contribution >= 0.6 is 24.0 Å². The zero-order chi connectivity index (χ0) is 16.6. The van der Waals surface area contributed by atoms with E-state index < -0.39 is 11.9 Å². The highest BCUT2D eigenvalue weighted by atomic mass is 32.2. The van der Waals surface area contributed by atoms with Gasteiger partial charge < -0.3 is 5.11 Å². The second kappa shape index (κ2) is 6.46. The molecule has 2 nitrogen and oxygen atoms in total. The van der Waals surface area contributed by atoms with E-state index in [1.807, 2.05) is 36.0 Å². The van der Waals surface area contributed by atoms with Gasteiger partial charge in [0.05, 0.1) is 10.8 Å². The van der Waals surface area contributed by atoms with Gasteiger partial charge in [-0.3, -0.25) is 4.79 Å². The van der Waals surface area contributed by atoms with Gasteiger partial charge in [0, 0.05) is 16.2 Å². The number of hydrogen-bond donors (Lipinski definition) is 1. The summed E-state index contributed by atoms with van der Waals surface area (Å²) in [5.74, 6) is -0.294. The highest BCUT2D eigenvalue weighted by molar-refractivity contribution is 7.99. The lowest BCUT2D eigenvalue weighted by atomic mass is 9.93. The normalized spacial score (nSPS) is 14.3. The van der Waals surface area contributed by atoms with Crippen molar-refractivity contribution in [3.63, 3.8) is 0 Å². The second-order valence-electron chi connectivity index (χ2n) is 5.91. The zero-order valence-electron chi connectivity index (χ0n) is 13.1. The minimum atomic E-state index is -0.803. The van der Waals surface area contributed by atoms with E-state index in [4.69, 9.17) is 12.2 Å². The average molecular weight is 342 g/mol. The molecule has 0 saturated carbocycles. The first kappa shape index (κ1) is 16.2. The summed E-state index contributed by atoms with van der Waals surface area (Å²) in [5, 5.41) is 9.32. The van der Waals surface area contributed by atoms with Crippen LogP contribution in [0.3, 0.4) is 0 Å². The standard InChI is InChI=1S/C19H18O2S2/c1-11-3-5-13(6-4-11)17(22)16-10-15(12(2)19(20)21)9-14-7-8-23-18(14)16/h3-6,9-10,12H,7-8H2,1-2H3,(H,20,21). The Bertz CT molecular complexity index is 779. The lowest BCUT2D eigenvalue weighted by Crippen LogP contribution is -2.10. The fraction of sp³-hybridized carbons (Fsp3) is 0.263. The van der Waals surface area contributed by atoms with Crippen LogP contribution in [0.15, 0.2) is 41.3 Å². The predicted octanol–water partition coefficient (Wildman–Crippen LogP) is 4.60. The van der Waals surface area contributed by atoms with Crippen LogP contribution in [0, 0.1) is 6.92 Å². The van der Waals surface area contributed by atoms with Crippen LogP contribution in [-0.2, 0) is 11.2 Å². The number of thiocarbonyl (C=S) groups is 1. The van der Waals surface area contributed by atoms with Gasteiger partial charge in [-0.15, -0.1) is 11.8 Å². The number of rotatable bonds is 4. The molecule has 2 aromatic rings. The van der Waals surface area contributed by atoms with Gasteiger partial charge in [0.15, 0.2) is 0 Å². The number of aliphatic carboxylic acids is 1. The van der Waals surface area contributed by atoms with Crippen LogP contribution in [0.5, 0.6) is 0 Å². The molecular formula is C19H18O2S2. The van der Waals surface area contributed by atoms with Crippen molar-refractivity contribution in [2.45, 2.75) is 31.1 Å². The Morgan fingerprint density at radius 2 is 1.96 bits per heavy atom. The molecule has 0 bridgehead atoms. The molecule has 23 heavy (non-hydrogen) atoms. The summed E-state index contributed by atoms with van der Waals surface area (Å²) in [5.41, 5.74) is 5.28. The molecule has 0 aromatic heterocycles. The van der Waals surface area contributed by atoms with Crippen molar-refractivity contribution >= 4 is 34.8 Å². The molecule has 0 spiro atoms. The number of hydrogen-bond acceptors (Lipinski definition) is 3. The smallest absolute Gasteiger partial charge is 0.310 e. The van der Waals surface area contributed by atoms with Gasteiger partial charge in [-0.1, -0.05) is 48.1 Å². The van der Waals surface area contributed by atoms with Gasteiger partial charge >= 0.3 is 5.97 Å². The number of carboxylic acids is 1. The highest BCUT2D eigenvalue weighted by Crippen LogP contribution is 2.38. The van der Waals surface area contributed by atoms with E-state index >= 15 is 0 Å². The van der Waals surface area contributed by atoms with E-state index in [9.17, 15) is 9.90 Å². The minimum absolute atomic E-state index is 0.523. The number of aryl methyl sites for hydroxylation is 2. The predicted molar refractivity (Wildman–Crippen MR) is 98.9 cm³/mol. The Morgan fingerprint density at radius 1 is 1.26 bits per heavy atom. The molecule has 0 saturated heterocycles. The van der Waals surface area contributed by atoms with Gasteiger partial charge in [-0.05, 0) is 43.0 Å². The molecule has 0 amide bonds. The Labute approximate surface area is 145 Å². The van der Waals surface area contributed by atoms with Crippen molar-refractivity contribution in [2.24, 2.45) is 0 Å². The summed E-state index contributed by atoms with van der Waals surface area (Å²) in [4.78, 5) is 13.4. The van der Waals surface area contributed by atoms with Gasteiger partial charge in [0.25, 0.3) is 0 Å². The molecule has 118 valence electrons. The third kappa shape index (κ3) is 3.19.